The van der Waals surface area contributed by atoms with Crippen molar-refractivity contribution in [3.8, 4) is 56.7 Å². The smallest absolute Gasteiger partial charge is 0.238 e. The van der Waals surface area contributed by atoms with Gasteiger partial charge in [-0.25, -0.2) is 4.98 Å². The summed E-state index contributed by atoms with van der Waals surface area (Å²) >= 11 is 1.84. The third-order valence-electron chi connectivity index (χ3n) is 13.1. The Morgan fingerprint density at radius 3 is 1.80 bits per heavy atom. The van der Waals surface area contributed by atoms with Crippen LogP contribution in [0.15, 0.2) is 222 Å². The van der Waals surface area contributed by atoms with E-state index in [1.807, 2.05) is 30.0 Å². The number of nitrogens with zero attached hydrogens (tertiary/aromatic N) is 5. The highest BCUT2D eigenvalue weighted by molar-refractivity contribution is 7.99. The second-order valence-electron chi connectivity index (χ2n) is 16.8. The second kappa shape index (κ2) is 14.1. The average molecular weight is 846 g/mol. The fourth-order valence-corrected chi connectivity index (χ4v) is 11.4. The molecule has 13 aromatic rings. The van der Waals surface area contributed by atoms with Crippen LogP contribution in [0.1, 0.15) is 0 Å². The third kappa shape index (κ3) is 5.57. The lowest BCUT2D eigenvalue weighted by Crippen LogP contribution is -2.06. The van der Waals surface area contributed by atoms with Crippen molar-refractivity contribution in [2.75, 3.05) is 0 Å². The normalized spacial score (nSPS) is 12.2. The molecular weight excluding hydrogens is 811 g/mol. The Morgan fingerprint density at radius 1 is 0.323 bits per heavy atom. The third-order valence-corrected chi connectivity index (χ3v) is 14.3. The quantitative estimate of drug-likeness (QED) is 0.173. The minimum Gasteiger partial charge on any atom is -0.309 e. The zero-order valence-corrected chi connectivity index (χ0v) is 35.7. The number of hydrogen-bond donors (Lipinski definition) is 0. The van der Waals surface area contributed by atoms with Crippen LogP contribution in [0.5, 0.6) is 0 Å². The molecule has 1 aliphatic rings. The van der Waals surface area contributed by atoms with Crippen molar-refractivity contribution in [1.82, 2.24) is 24.1 Å². The van der Waals surface area contributed by atoms with Gasteiger partial charge in [-0.15, -0.1) is 0 Å². The lowest BCUT2D eigenvalue weighted by atomic mass is 9.94. The lowest BCUT2D eigenvalue weighted by Gasteiger charge is -2.21. The van der Waals surface area contributed by atoms with Gasteiger partial charge in [0.2, 0.25) is 5.95 Å². The first-order valence-electron chi connectivity index (χ1n) is 21.9. The Hall–Kier alpha value is -8.32. The van der Waals surface area contributed by atoms with Crippen LogP contribution < -0.4 is 0 Å². The van der Waals surface area contributed by atoms with E-state index in [4.69, 9.17) is 15.0 Å². The molecule has 0 aliphatic carbocycles. The monoisotopic (exact) mass is 845 g/mol. The molecule has 14 rings (SSSR count). The predicted molar refractivity (Wildman–Crippen MR) is 269 cm³/mol. The molecule has 0 fully saturated rings. The van der Waals surface area contributed by atoms with Gasteiger partial charge in [-0.05, 0) is 99.1 Å². The first-order chi connectivity index (χ1) is 32.2. The van der Waals surface area contributed by atoms with Gasteiger partial charge in [0.25, 0.3) is 0 Å². The maximum absolute atomic E-state index is 5.38. The molecule has 0 saturated heterocycles. The zero-order chi connectivity index (χ0) is 42.6. The molecule has 3 aromatic heterocycles. The molecular formula is C59H35N5S. The SMILES string of the molecule is c1ccc(-c2nc(-c3ccc4ccccc4c3)nc(-n3c4ccc(-c5ccc6c(c5)c5ccccc5n6-c5ccccc5)cc4c4c5cccc6c5c(cc43)Sc3ccccc3-6)n2)cc1. The molecule has 0 unspecified atom stereocenters. The van der Waals surface area contributed by atoms with E-state index in [0.29, 0.717) is 17.6 Å². The molecule has 0 atom stereocenters. The maximum atomic E-state index is 5.38. The van der Waals surface area contributed by atoms with Crippen molar-refractivity contribution in [2.24, 2.45) is 0 Å². The second-order valence-corrected chi connectivity index (χ2v) is 17.9. The van der Waals surface area contributed by atoms with Crippen molar-refractivity contribution >= 4 is 76.9 Å². The van der Waals surface area contributed by atoms with Gasteiger partial charge in [0, 0.05) is 53.5 Å². The number of hydrogen-bond acceptors (Lipinski definition) is 4. The minimum atomic E-state index is 0.578. The molecule has 0 saturated carbocycles. The molecule has 10 aromatic carbocycles. The Labute approximate surface area is 377 Å². The summed E-state index contributed by atoms with van der Waals surface area (Å²) in [5.41, 5.74) is 12.3. The van der Waals surface area contributed by atoms with Crippen molar-refractivity contribution in [3.63, 3.8) is 0 Å². The summed E-state index contributed by atoms with van der Waals surface area (Å²) in [7, 11) is 0. The summed E-state index contributed by atoms with van der Waals surface area (Å²) in [6.45, 7) is 0. The van der Waals surface area contributed by atoms with Crippen molar-refractivity contribution in [1.29, 1.82) is 0 Å². The number of para-hydroxylation sites is 2. The number of fused-ring (bicyclic) bond motifs is 10. The molecule has 4 heterocycles. The highest BCUT2D eigenvalue weighted by Crippen LogP contribution is 2.51. The van der Waals surface area contributed by atoms with E-state index in [1.165, 1.54) is 64.3 Å². The van der Waals surface area contributed by atoms with Crippen LogP contribution in [-0.2, 0) is 0 Å². The summed E-state index contributed by atoms with van der Waals surface area (Å²) < 4.78 is 4.64. The Bertz CT molecular complexity index is 4090. The van der Waals surface area contributed by atoms with Gasteiger partial charge in [-0.2, -0.15) is 9.97 Å². The summed E-state index contributed by atoms with van der Waals surface area (Å²) in [4.78, 5) is 18.4. The Balaban J connectivity index is 1.05. The largest absolute Gasteiger partial charge is 0.309 e. The lowest BCUT2D eigenvalue weighted by molar-refractivity contribution is 0.953. The van der Waals surface area contributed by atoms with Crippen LogP contribution in [0.3, 0.4) is 0 Å². The van der Waals surface area contributed by atoms with E-state index >= 15 is 0 Å². The molecule has 0 bridgehead atoms. The number of aromatic nitrogens is 5. The van der Waals surface area contributed by atoms with Gasteiger partial charge in [0.1, 0.15) is 0 Å². The van der Waals surface area contributed by atoms with Crippen LogP contribution in [0, 0.1) is 0 Å². The molecule has 6 heteroatoms. The first kappa shape index (κ1) is 36.2. The number of rotatable bonds is 5. The van der Waals surface area contributed by atoms with E-state index in [9.17, 15) is 0 Å². The van der Waals surface area contributed by atoms with Gasteiger partial charge in [-0.1, -0.05) is 163 Å². The average Bonchev–Trinajstić information content (AvgIpc) is 3.89. The van der Waals surface area contributed by atoms with E-state index in [-0.39, 0.29) is 0 Å². The Morgan fingerprint density at radius 2 is 0.954 bits per heavy atom. The maximum Gasteiger partial charge on any atom is 0.238 e. The molecule has 302 valence electrons. The topological polar surface area (TPSA) is 48.5 Å². The van der Waals surface area contributed by atoms with E-state index in [2.05, 4.69) is 203 Å². The van der Waals surface area contributed by atoms with Crippen LogP contribution in [0.25, 0.3) is 122 Å². The molecule has 1 aliphatic heterocycles. The van der Waals surface area contributed by atoms with Gasteiger partial charge in [0.05, 0.1) is 22.1 Å². The predicted octanol–water partition coefficient (Wildman–Crippen LogP) is 15.5. The summed E-state index contributed by atoms with van der Waals surface area (Å²) in [6.07, 6.45) is 0. The van der Waals surface area contributed by atoms with E-state index in [1.54, 1.807) is 0 Å². The summed E-state index contributed by atoms with van der Waals surface area (Å²) in [5.74, 6) is 1.83. The molecule has 5 nitrogen and oxygen atoms in total. The molecule has 0 radical (unpaired) electrons. The van der Waals surface area contributed by atoms with Gasteiger partial charge in [-0.3, -0.25) is 4.57 Å². The molecule has 0 N–H and O–H groups in total. The van der Waals surface area contributed by atoms with E-state index < -0.39 is 0 Å². The Kier molecular flexibility index (Phi) is 7.85. The van der Waals surface area contributed by atoms with Gasteiger partial charge < -0.3 is 4.57 Å². The van der Waals surface area contributed by atoms with Crippen molar-refractivity contribution in [2.45, 2.75) is 9.79 Å². The highest BCUT2D eigenvalue weighted by Gasteiger charge is 2.26. The molecule has 0 amide bonds. The fraction of sp³-hybridized carbons (Fsp3) is 0. The van der Waals surface area contributed by atoms with E-state index in [0.717, 1.165) is 49.7 Å². The number of benzene rings is 10. The molecule has 0 spiro atoms. The first-order valence-corrected chi connectivity index (χ1v) is 22.7. The standard InChI is InChI=1S/C59H35N5S/c1-3-15-37(16-4-1)57-60-58(41-27-26-36-14-7-8-17-38(36)32-41)62-59(61-57)64-51-31-29-40(39-28-30-50-47(33-39)43-20-9-11-24-49(43)63(50)42-18-5-2-6-19-42)34-48(51)55-46-23-13-22-45-44-21-10-12-25-53(44)65-54(56(45)46)35-52(55)64/h1-35H. The fourth-order valence-electron chi connectivity index (χ4n) is 10.2. The molecule has 65 heavy (non-hydrogen) atoms. The zero-order valence-electron chi connectivity index (χ0n) is 34.9. The van der Waals surface area contributed by atoms with Crippen LogP contribution >= 0.6 is 11.8 Å². The van der Waals surface area contributed by atoms with Crippen LogP contribution in [-0.4, -0.2) is 24.1 Å². The minimum absolute atomic E-state index is 0.578. The van der Waals surface area contributed by atoms with Crippen LogP contribution in [0.2, 0.25) is 0 Å². The van der Waals surface area contributed by atoms with Crippen LogP contribution in [0.4, 0.5) is 0 Å². The van der Waals surface area contributed by atoms with Crippen molar-refractivity contribution in [3.05, 3.63) is 212 Å². The van der Waals surface area contributed by atoms with Crippen molar-refractivity contribution < 1.29 is 0 Å². The summed E-state index contributed by atoms with van der Waals surface area (Å²) in [6, 6.07) is 76.3. The highest BCUT2D eigenvalue weighted by atomic mass is 32.2. The summed E-state index contributed by atoms with van der Waals surface area (Å²) in [5, 5.41) is 9.58. The van der Waals surface area contributed by atoms with Gasteiger partial charge >= 0.3 is 0 Å². The van der Waals surface area contributed by atoms with Gasteiger partial charge in [0.15, 0.2) is 11.6 Å².